The summed E-state index contributed by atoms with van der Waals surface area (Å²) in [6, 6.07) is -1.89. The van der Waals surface area contributed by atoms with Gasteiger partial charge in [0.15, 0.2) is 0 Å². The van der Waals surface area contributed by atoms with Crippen LogP contribution in [0.4, 0.5) is 4.39 Å². The molecule has 0 unspecified atom stereocenters. The van der Waals surface area contributed by atoms with Crippen LogP contribution in [0.5, 0.6) is 0 Å². The van der Waals surface area contributed by atoms with E-state index >= 15 is 0 Å². The maximum Gasteiger partial charge on any atom is 0.334 e. The standard InChI is InChI=1S/CH2FNO5S/c2-1-9(6,7)8-3(4)5/h1H2. The Hall–Kier alpha value is -0.920. The molecular weight excluding hydrogens is 157 g/mol. The van der Waals surface area contributed by atoms with Crippen molar-refractivity contribution in [2.24, 2.45) is 0 Å². The molecule has 0 saturated carbocycles. The summed E-state index contributed by atoms with van der Waals surface area (Å²) in [4.78, 5) is 9.21. The first-order chi connectivity index (χ1) is 3.98. The number of nitrogens with zero attached hydrogens (tertiary/aromatic N) is 1. The largest absolute Gasteiger partial charge is 0.334 e. The molecule has 0 radical (unpaired) electrons. The maximum absolute atomic E-state index is 11.1. The van der Waals surface area contributed by atoms with Gasteiger partial charge in [-0.1, -0.05) is 0 Å². The van der Waals surface area contributed by atoms with E-state index < -0.39 is 21.2 Å². The number of hydrogen-bond donors (Lipinski definition) is 0. The molecule has 0 aliphatic carbocycles. The molecule has 0 rings (SSSR count). The molecule has 0 heterocycles. The van der Waals surface area contributed by atoms with Crippen LogP contribution in [0.15, 0.2) is 0 Å². The summed E-state index contributed by atoms with van der Waals surface area (Å²) in [6.45, 7) is 0. The molecule has 0 bridgehead atoms. The fourth-order valence-corrected chi connectivity index (χ4v) is 0.338. The summed E-state index contributed by atoms with van der Waals surface area (Å²) in [5.74, 6) is 0. The molecule has 0 atom stereocenters. The van der Waals surface area contributed by atoms with Gasteiger partial charge in [0.1, 0.15) is 0 Å². The highest BCUT2D eigenvalue weighted by molar-refractivity contribution is 7.86. The van der Waals surface area contributed by atoms with E-state index in [4.69, 9.17) is 0 Å². The van der Waals surface area contributed by atoms with Crippen LogP contribution >= 0.6 is 0 Å². The van der Waals surface area contributed by atoms with Gasteiger partial charge in [-0.2, -0.15) is 12.7 Å². The van der Waals surface area contributed by atoms with E-state index in [-0.39, 0.29) is 0 Å². The van der Waals surface area contributed by atoms with Crippen molar-refractivity contribution >= 4 is 10.1 Å². The van der Waals surface area contributed by atoms with Crippen LogP contribution in [0, 0.1) is 10.1 Å². The third kappa shape index (κ3) is 3.64. The van der Waals surface area contributed by atoms with Gasteiger partial charge < -0.3 is 0 Å². The van der Waals surface area contributed by atoms with Crippen molar-refractivity contribution in [3.8, 4) is 0 Å². The van der Waals surface area contributed by atoms with Crippen molar-refractivity contribution < 1.29 is 22.2 Å². The van der Waals surface area contributed by atoms with Crippen molar-refractivity contribution in [1.82, 2.24) is 0 Å². The molecular formula is CH2FNO5S. The van der Waals surface area contributed by atoms with Gasteiger partial charge in [-0.15, -0.1) is 10.1 Å². The highest BCUT2D eigenvalue weighted by Gasteiger charge is 2.13. The number of halogens is 1. The first-order valence-electron chi connectivity index (χ1n) is 1.60. The fraction of sp³-hybridized carbons (Fsp3) is 1.00. The minimum atomic E-state index is -4.58. The molecule has 54 valence electrons. The quantitative estimate of drug-likeness (QED) is 0.407. The Morgan fingerprint density at radius 1 is 1.67 bits per heavy atom. The molecule has 0 aliphatic heterocycles. The zero-order valence-electron chi connectivity index (χ0n) is 3.98. The Balaban J connectivity index is 4.06. The molecule has 9 heavy (non-hydrogen) atoms. The Morgan fingerprint density at radius 2 is 2.11 bits per heavy atom. The highest BCUT2D eigenvalue weighted by Crippen LogP contribution is 1.91. The van der Waals surface area contributed by atoms with Crippen molar-refractivity contribution in [3.63, 3.8) is 0 Å². The molecule has 0 amide bonds. The smallest absolute Gasteiger partial charge is 0.231 e. The molecule has 0 aromatic rings. The predicted molar refractivity (Wildman–Crippen MR) is 23.0 cm³/mol. The van der Waals surface area contributed by atoms with Gasteiger partial charge >= 0.3 is 15.2 Å². The summed E-state index contributed by atoms with van der Waals surface area (Å²) >= 11 is 0. The van der Waals surface area contributed by atoms with Gasteiger partial charge in [0.2, 0.25) is 6.01 Å². The van der Waals surface area contributed by atoms with Crippen molar-refractivity contribution in [3.05, 3.63) is 10.1 Å². The average Bonchev–Trinajstić information content (AvgIpc) is 1.63. The molecule has 0 saturated heterocycles. The lowest BCUT2D eigenvalue weighted by molar-refractivity contribution is -0.711. The van der Waals surface area contributed by atoms with Crippen LogP contribution < -0.4 is 0 Å². The lowest BCUT2D eigenvalue weighted by Gasteiger charge is -1.90. The Morgan fingerprint density at radius 3 is 2.22 bits per heavy atom. The first-order valence-corrected chi connectivity index (χ1v) is 3.18. The predicted octanol–water partition coefficient (Wildman–Crippen LogP) is -0.549. The second kappa shape index (κ2) is 2.58. The van der Waals surface area contributed by atoms with Gasteiger partial charge in [-0.25, -0.2) is 4.39 Å². The summed E-state index contributed by atoms with van der Waals surface area (Å²) in [6.07, 6.45) is 0. The lowest BCUT2D eigenvalue weighted by atomic mass is 11.8. The highest BCUT2D eigenvalue weighted by atomic mass is 32.2. The van der Waals surface area contributed by atoms with Crippen molar-refractivity contribution in [2.75, 3.05) is 6.01 Å². The van der Waals surface area contributed by atoms with E-state index in [1.165, 1.54) is 0 Å². The van der Waals surface area contributed by atoms with E-state index in [0.29, 0.717) is 0 Å². The van der Waals surface area contributed by atoms with Gasteiger partial charge in [0.25, 0.3) is 0 Å². The van der Waals surface area contributed by atoms with Crippen LogP contribution in [0.3, 0.4) is 0 Å². The number of alkyl halides is 1. The van der Waals surface area contributed by atoms with Crippen molar-refractivity contribution in [1.29, 1.82) is 0 Å². The topological polar surface area (TPSA) is 86.5 Å². The molecule has 8 heteroatoms. The normalized spacial score (nSPS) is 10.8. The van der Waals surface area contributed by atoms with Crippen LogP contribution in [-0.2, 0) is 14.4 Å². The fourth-order valence-electron chi connectivity index (χ4n) is 0.113. The third-order valence-corrected chi connectivity index (χ3v) is 0.924. The van der Waals surface area contributed by atoms with Crippen LogP contribution in [0.2, 0.25) is 0 Å². The molecule has 0 aliphatic rings. The van der Waals surface area contributed by atoms with E-state index in [1.54, 1.807) is 0 Å². The molecule has 0 aromatic carbocycles. The van der Waals surface area contributed by atoms with Crippen LogP contribution in [0.1, 0.15) is 0 Å². The summed E-state index contributed by atoms with van der Waals surface area (Å²) in [5.41, 5.74) is 0. The maximum atomic E-state index is 11.1. The molecule has 0 fully saturated rings. The van der Waals surface area contributed by atoms with Crippen LogP contribution in [0.25, 0.3) is 0 Å². The van der Waals surface area contributed by atoms with E-state index in [2.05, 4.69) is 4.28 Å². The minimum Gasteiger partial charge on any atom is -0.231 e. The summed E-state index contributed by atoms with van der Waals surface area (Å²) in [7, 11) is -4.58. The van der Waals surface area contributed by atoms with E-state index in [1.807, 2.05) is 0 Å². The molecule has 0 N–H and O–H groups in total. The summed E-state index contributed by atoms with van der Waals surface area (Å²) in [5, 5.41) is 7.62. The minimum absolute atomic E-state index is 1.59. The second-order valence-electron chi connectivity index (χ2n) is 0.965. The Kier molecular flexibility index (Phi) is 2.31. The van der Waals surface area contributed by atoms with Gasteiger partial charge in [-0.3, -0.25) is 0 Å². The zero-order valence-corrected chi connectivity index (χ0v) is 4.80. The van der Waals surface area contributed by atoms with Crippen LogP contribution in [-0.4, -0.2) is 19.5 Å². The monoisotopic (exact) mass is 159 g/mol. The SMILES string of the molecule is O=[N+]([O-])OS(=O)(=O)CF. The number of rotatable bonds is 3. The van der Waals surface area contributed by atoms with E-state index in [0.717, 1.165) is 0 Å². The lowest BCUT2D eigenvalue weighted by Crippen LogP contribution is -2.11. The first kappa shape index (κ1) is 8.08. The van der Waals surface area contributed by atoms with Gasteiger partial charge in [0.05, 0.1) is 0 Å². The molecule has 0 aromatic heterocycles. The molecule has 6 nitrogen and oxygen atoms in total. The Bertz CT molecular complexity index is 195. The average molecular weight is 159 g/mol. The Labute approximate surface area is 49.5 Å². The zero-order chi connectivity index (χ0) is 7.49. The third-order valence-electron chi connectivity index (χ3n) is 0.308. The number of hydrogen-bond acceptors (Lipinski definition) is 5. The van der Waals surface area contributed by atoms with Crippen molar-refractivity contribution in [2.45, 2.75) is 0 Å². The van der Waals surface area contributed by atoms with Gasteiger partial charge in [-0.05, 0) is 0 Å². The second-order valence-corrected chi connectivity index (χ2v) is 2.45. The van der Waals surface area contributed by atoms with Gasteiger partial charge in [0, 0.05) is 0 Å². The van der Waals surface area contributed by atoms with E-state index in [9.17, 15) is 22.9 Å². The summed E-state index contributed by atoms with van der Waals surface area (Å²) < 4.78 is 33.6. The molecule has 0 spiro atoms.